The number of aryl methyl sites for hydroxylation is 1. The second kappa shape index (κ2) is 9.05. The Morgan fingerprint density at radius 2 is 1.62 bits per heavy atom. The van der Waals surface area contributed by atoms with Crippen molar-refractivity contribution >= 4 is 29.9 Å². The van der Waals surface area contributed by atoms with Crippen molar-refractivity contribution in [2.75, 3.05) is 28.2 Å². The van der Waals surface area contributed by atoms with Crippen LogP contribution in [0.25, 0.3) is 0 Å². The van der Waals surface area contributed by atoms with Crippen LogP contribution in [0.15, 0.2) is 35.3 Å². The van der Waals surface area contributed by atoms with Gasteiger partial charge in [0.15, 0.2) is 5.96 Å². The molecule has 0 amide bonds. The lowest BCUT2D eigenvalue weighted by molar-refractivity contribution is 0.479. The van der Waals surface area contributed by atoms with Crippen LogP contribution in [0.2, 0.25) is 0 Å². The molecule has 1 aromatic carbocycles. The highest BCUT2D eigenvalue weighted by Crippen LogP contribution is 2.16. The molecule has 0 atom stereocenters. The van der Waals surface area contributed by atoms with E-state index in [1.54, 1.807) is 0 Å². The summed E-state index contributed by atoms with van der Waals surface area (Å²) >= 11 is 0. The molecule has 0 aliphatic rings. The van der Waals surface area contributed by atoms with Crippen molar-refractivity contribution in [1.29, 1.82) is 0 Å². The lowest BCUT2D eigenvalue weighted by Crippen LogP contribution is -2.35. The molecule has 5 nitrogen and oxygen atoms in total. The number of nitrogens with zero attached hydrogens (tertiary/aromatic N) is 5. The van der Waals surface area contributed by atoms with Gasteiger partial charge >= 0.3 is 0 Å². The van der Waals surface area contributed by atoms with Crippen LogP contribution in [0.3, 0.4) is 0 Å². The minimum absolute atomic E-state index is 0. The second-order valence-electron chi connectivity index (χ2n) is 6.20. The Labute approximate surface area is 162 Å². The normalized spacial score (nSPS) is 10.1. The van der Waals surface area contributed by atoms with Gasteiger partial charge in [0.25, 0.3) is 0 Å². The Bertz CT molecular complexity index is 664. The molecule has 2 rings (SSSR count). The third kappa shape index (κ3) is 4.96. The fourth-order valence-corrected chi connectivity index (χ4v) is 2.71. The summed E-state index contributed by atoms with van der Waals surface area (Å²) in [6, 6.07) is 10.4. The fraction of sp³-hybridized carbons (Fsp3) is 0.444. The molecule has 132 valence electrons. The summed E-state index contributed by atoms with van der Waals surface area (Å²) in [6.45, 7) is 5.63. The summed E-state index contributed by atoms with van der Waals surface area (Å²) in [6.07, 6.45) is 0. The van der Waals surface area contributed by atoms with E-state index in [2.05, 4.69) is 42.8 Å². The van der Waals surface area contributed by atoms with Crippen LogP contribution in [0.4, 0.5) is 0 Å². The first-order valence-corrected chi connectivity index (χ1v) is 7.86. The van der Waals surface area contributed by atoms with E-state index in [1.807, 2.05) is 44.1 Å². The Kier molecular flexibility index (Phi) is 7.72. The molecule has 6 heteroatoms. The second-order valence-corrected chi connectivity index (χ2v) is 6.20. The smallest absolute Gasteiger partial charge is 0.195 e. The zero-order chi connectivity index (χ0) is 17.0. The maximum Gasteiger partial charge on any atom is 0.195 e. The molecule has 2 aromatic rings. The standard InChI is InChI=1S/C18H27N5.HI/c1-14-17(12-19-18(21(3)4)22(5)6)15(2)23(20-14)13-16-10-8-7-9-11-16;/h7-11H,12-13H2,1-6H3;1H. The number of halogens is 1. The van der Waals surface area contributed by atoms with Gasteiger partial charge in [-0.05, 0) is 19.4 Å². The van der Waals surface area contributed by atoms with Gasteiger partial charge in [0.2, 0.25) is 0 Å². The SMILES string of the molecule is Cc1nn(Cc2ccccc2)c(C)c1CN=C(N(C)C)N(C)C.I. The van der Waals surface area contributed by atoms with Crippen molar-refractivity contribution in [3.05, 3.63) is 52.8 Å². The molecule has 0 aliphatic carbocycles. The first-order valence-electron chi connectivity index (χ1n) is 7.86. The van der Waals surface area contributed by atoms with Crippen molar-refractivity contribution in [1.82, 2.24) is 19.6 Å². The summed E-state index contributed by atoms with van der Waals surface area (Å²) in [7, 11) is 8.05. The highest BCUT2D eigenvalue weighted by molar-refractivity contribution is 14.0. The molecule has 1 aromatic heterocycles. The predicted molar refractivity (Wildman–Crippen MR) is 111 cm³/mol. The predicted octanol–water partition coefficient (Wildman–Crippen LogP) is 3.15. The van der Waals surface area contributed by atoms with Crippen LogP contribution < -0.4 is 0 Å². The van der Waals surface area contributed by atoms with Gasteiger partial charge in [-0.3, -0.25) is 4.68 Å². The van der Waals surface area contributed by atoms with E-state index >= 15 is 0 Å². The topological polar surface area (TPSA) is 36.7 Å². The van der Waals surface area contributed by atoms with E-state index in [-0.39, 0.29) is 24.0 Å². The Morgan fingerprint density at radius 3 is 2.17 bits per heavy atom. The molecule has 0 spiro atoms. The van der Waals surface area contributed by atoms with Gasteiger partial charge in [-0.15, -0.1) is 24.0 Å². The van der Waals surface area contributed by atoms with Gasteiger partial charge in [0.1, 0.15) is 0 Å². The Morgan fingerprint density at radius 1 is 1.04 bits per heavy atom. The molecule has 0 unspecified atom stereocenters. The first-order chi connectivity index (χ1) is 10.9. The molecule has 0 N–H and O–H groups in total. The lowest BCUT2D eigenvalue weighted by Gasteiger charge is -2.22. The Hall–Kier alpha value is -1.57. The zero-order valence-electron chi connectivity index (χ0n) is 15.4. The van der Waals surface area contributed by atoms with Crippen molar-refractivity contribution in [2.45, 2.75) is 26.9 Å². The van der Waals surface area contributed by atoms with E-state index in [9.17, 15) is 0 Å². The Balaban J connectivity index is 0.00000288. The highest BCUT2D eigenvalue weighted by atomic mass is 127. The fourth-order valence-electron chi connectivity index (χ4n) is 2.71. The maximum absolute atomic E-state index is 4.75. The number of aromatic nitrogens is 2. The number of rotatable bonds is 4. The van der Waals surface area contributed by atoms with Crippen molar-refractivity contribution in [2.24, 2.45) is 4.99 Å². The number of aliphatic imine (C=N–C) groups is 1. The molecule has 1 heterocycles. The van der Waals surface area contributed by atoms with E-state index < -0.39 is 0 Å². The number of hydrogen-bond donors (Lipinski definition) is 0. The first kappa shape index (κ1) is 20.5. The minimum Gasteiger partial charge on any atom is -0.349 e. The van der Waals surface area contributed by atoms with Crippen LogP contribution in [-0.4, -0.2) is 53.7 Å². The van der Waals surface area contributed by atoms with E-state index in [4.69, 9.17) is 10.1 Å². The molecular formula is C18H28IN5. The van der Waals surface area contributed by atoms with Gasteiger partial charge in [-0.1, -0.05) is 30.3 Å². The average Bonchev–Trinajstić information content (AvgIpc) is 2.75. The van der Waals surface area contributed by atoms with Gasteiger partial charge in [-0.2, -0.15) is 5.10 Å². The number of hydrogen-bond acceptors (Lipinski definition) is 2. The molecule has 0 aliphatic heterocycles. The molecule has 0 fully saturated rings. The summed E-state index contributed by atoms with van der Waals surface area (Å²) < 4.78 is 2.07. The number of benzene rings is 1. The van der Waals surface area contributed by atoms with Crippen LogP contribution in [-0.2, 0) is 13.1 Å². The summed E-state index contributed by atoms with van der Waals surface area (Å²) in [5.74, 6) is 0.958. The van der Waals surface area contributed by atoms with Crippen LogP contribution in [0.1, 0.15) is 22.5 Å². The monoisotopic (exact) mass is 441 g/mol. The molecule has 0 saturated carbocycles. The lowest BCUT2D eigenvalue weighted by atomic mass is 10.2. The van der Waals surface area contributed by atoms with E-state index in [1.165, 1.54) is 16.8 Å². The third-order valence-corrected chi connectivity index (χ3v) is 3.89. The molecule has 0 radical (unpaired) electrons. The zero-order valence-corrected chi connectivity index (χ0v) is 17.8. The van der Waals surface area contributed by atoms with Crippen molar-refractivity contribution in [3.63, 3.8) is 0 Å². The van der Waals surface area contributed by atoms with Gasteiger partial charge in [0.05, 0.1) is 18.8 Å². The van der Waals surface area contributed by atoms with Gasteiger partial charge < -0.3 is 9.80 Å². The summed E-state index contributed by atoms with van der Waals surface area (Å²) in [5, 5.41) is 4.69. The van der Waals surface area contributed by atoms with Crippen LogP contribution >= 0.6 is 24.0 Å². The van der Waals surface area contributed by atoms with Crippen LogP contribution in [0, 0.1) is 13.8 Å². The summed E-state index contributed by atoms with van der Waals surface area (Å²) in [4.78, 5) is 8.80. The number of guanidine groups is 1. The quantitative estimate of drug-likeness (QED) is 0.416. The highest BCUT2D eigenvalue weighted by Gasteiger charge is 2.12. The maximum atomic E-state index is 4.75. The van der Waals surface area contributed by atoms with Crippen molar-refractivity contribution < 1.29 is 0 Å². The largest absolute Gasteiger partial charge is 0.349 e. The van der Waals surface area contributed by atoms with E-state index in [0.29, 0.717) is 6.54 Å². The molecular weight excluding hydrogens is 413 g/mol. The van der Waals surface area contributed by atoms with Crippen molar-refractivity contribution in [3.8, 4) is 0 Å². The molecule has 0 bridgehead atoms. The van der Waals surface area contributed by atoms with Gasteiger partial charge in [-0.25, -0.2) is 4.99 Å². The summed E-state index contributed by atoms with van der Waals surface area (Å²) in [5.41, 5.74) is 4.71. The van der Waals surface area contributed by atoms with Crippen LogP contribution in [0.5, 0.6) is 0 Å². The average molecular weight is 441 g/mol. The molecule has 24 heavy (non-hydrogen) atoms. The molecule has 0 saturated heterocycles. The third-order valence-electron chi connectivity index (χ3n) is 3.89. The van der Waals surface area contributed by atoms with Gasteiger partial charge in [0, 0.05) is 39.4 Å². The minimum atomic E-state index is 0. The van der Waals surface area contributed by atoms with E-state index in [0.717, 1.165) is 18.2 Å².